The van der Waals surface area contributed by atoms with Crippen molar-refractivity contribution in [2.75, 3.05) is 13.1 Å². The molecule has 0 aromatic rings. The van der Waals surface area contributed by atoms with Crippen LogP contribution in [0.1, 0.15) is 33.6 Å². The highest BCUT2D eigenvalue weighted by Gasteiger charge is 2.29. The maximum atomic E-state index is 9.29. The van der Waals surface area contributed by atoms with E-state index in [9.17, 15) is 5.11 Å². The molecule has 3 unspecified atom stereocenters. The van der Waals surface area contributed by atoms with Gasteiger partial charge in [-0.1, -0.05) is 13.3 Å². The van der Waals surface area contributed by atoms with Crippen LogP contribution in [0.4, 0.5) is 0 Å². The molecular formula is C10H21NO2. The van der Waals surface area contributed by atoms with Crippen LogP contribution < -0.4 is 0 Å². The summed E-state index contributed by atoms with van der Waals surface area (Å²) in [7, 11) is 0. The molecule has 0 aromatic carbocycles. The molecule has 3 atom stereocenters. The second-order valence-corrected chi connectivity index (χ2v) is 3.99. The summed E-state index contributed by atoms with van der Waals surface area (Å²) in [5.74, 6) is 0. The van der Waals surface area contributed by atoms with Crippen molar-refractivity contribution in [1.29, 1.82) is 0 Å². The summed E-state index contributed by atoms with van der Waals surface area (Å²) in [5.41, 5.74) is 0. The number of β-amino-alcohol motifs (C(OH)–C–C–N with tert-alkyl or cyclic N) is 1. The molecule has 0 bridgehead atoms. The summed E-state index contributed by atoms with van der Waals surface area (Å²) in [5, 5.41) is 9.29. The van der Waals surface area contributed by atoms with Crippen LogP contribution in [0.2, 0.25) is 0 Å². The maximum absolute atomic E-state index is 9.29. The van der Waals surface area contributed by atoms with Crippen LogP contribution in [-0.4, -0.2) is 41.5 Å². The second-order valence-electron chi connectivity index (χ2n) is 3.99. The van der Waals surface area contributed by atoms with Gasteiger partial charge < -0.3 is 9.84 Å². The first kappa shape index (κ1) is 11.0. The van der Waals surface area contributed by atoms with Gasteiger partial charge in [0.15, 0.2) is 0 Å². The first-order valence-electron chi connectivity index (χ1n) is 5.21. The molecule has 3 nitrogen and oxygen atoms in total. The molecule has 1 aliphatic rings. The number of hydrogen-bond acceptors (Lipinski definition) is 3. The lowest BCUT2D eigenvalue weighted by Gasteiger charge is -2.23. The largest absolute Gasteiger partial charge is 0.392 e. The minimum Gasteiger partial charge on any atom is -0.392 e. The van der Waals surface area contributed by atoms with E-state index < -0.39 is 0 Å². The molecule has 78 valence electrons. The van der Waals surface area contributed by atoms with Crippen LogP contribution in [-0.2, 0) is 4.74 Å². The van der Waals surface area contributed by atoms with Crippen molar-refractivity contribution in [1.82, 2.24) is 4.90 Å². The van der Waals surface area contributed by atoms with Crippen molar-refractivity contribution < 1.29 is 9.84 Å². The molecule has 3 heteroatoms. The van der Waals surface area contributed by atoms with Gasteiger partial charge >= 0.3 is 0 Å². The first-order chi connectivity index (χ1) is 6.13. The number of aliphatic hydroxyl groups excluding tert-OH is 1. The number of ether oxygens (including phenoxy) is 1. The average molecular weight is 187 g/mol. The Bertz CT molecular complexity index is 150. The van der Waals surface area contributed by atoms with Gasteiger partial charge in [-0.15, -0.1) is 0 Å². The highest BCUT2D eigenvalue weighted by molar-refractivity contribution is 4.76. The van der Waals surface area contributed by atoms with Crippen molar-refractivity contribution in [3.63, 3.8) is 0 Å². The zero-order valence-electron chi connectivity index (χ0n) is 8.86. The molecule has 0 radical (unpaired) electrons. The molecule has 1 rings (SSSR count). The van der Waals surface area contributed by atoms with Crippen LogP contribution in [0.3, 0.4) is 0 Å². The van der Waals surface area contributed by atoms with Gasteiger partial charge in [0.1, 0.15) is 6.23 Å². The van der Waals surface area contributed by atoms with E-state index in [2.05, 4.69) is 18.7 Å². The zero-order valence-corrected chi connectivity index (χ0v) is 8.86. The van der Waals surface area contributed by atoms with E-state index in [1.165, 1.54) is 0 Å². The molecule has 1 fully saturated rings. The standard InChI is InChI=1S/C10H21NO2/c1-4-5-10-11(6-8(2)12)7-9(3)13-10/h8-10,12H,4-7H2,1-3H3. The van der Waals surface area contributed by atoms with Crippen molar-refractivity contribution in [2.24, 2.45) is 0 Å². The molecule has 13 heavy (non-hydrogen) atoms. The predicted octanol–water partition coefficient (Wildman–Crippen LogP) is 1.21. The lowest BCUT2D eigenvalue weighted by molar-refractivity contribution is -0.0120. The van der Waals surface area contributed by atoms with Crippen LogP contribution in [0, 0.1) is 0 Å². The van der Waals surface area contributed by atoms with Gasteiger partial charge in [-0.05, 0) is 20.3 Å². The van der Waals surface area contributed by atoms with E-state index in [4.69, 9.17) is 4.74 Å². The highest BCUT2D eigenvalue weighted by atomic mass is 16.5. The van der Waals surface area contributed by atoms with Crippen molar-refractivity contribution in [3.8, 4) is 0 Å². The van der Waals surface area contributed by atoms with Crippen LogP contribution in [0.15, 0.2) is 0 Å². The number of hydrogen-bond donors (Lipinski definition) is 1. The fraction of sp³-hybridized carbons (Fsp3) is 1.00. The van der Waals surface area contributed by atoms with Gasteiger partial charge in [0.25, 0.3) is 0 Å². The fourth-order valence-electron chi connectivity index (χ4n) is 1.87. The van der Waals surface area contributed by atoms with E-state index in [0.717, 1.165) is 25.9 Å². The molecule has 1 saturated heterocycles. The molecule has 0 spiro atoms. The summed E-state index contributed by atoms with van der Waals surface area (Å²) in [6, 6.07) is 0. The summed E-state index contributed by atoms with van der Waals surface area (Å²) < 4.78 is 5.73. The van der Waals surface area contributed by atoms with Crippen LogP contribution in [0.5, 0.6) is 0 Å². The average Bonchev–Trinajstić information content (AvgIpc) is 2.31. The SMILES string of the molecule is CCCC1OC(C)CN1CC(C)O. The predicted molar refractivity (Wildman–Crippen MR) is 52.5 cm³/mol. The molecule has 1 N–H and O–H groups in total. The van der Waals surface area contributed by atoms with E-state index in [0.29, 0.717) is 6.10 Å². The normalized spacial score (nSPS) is 32.3. The summed E-state index contributed by atoms with van der Waals surface area (Å²) >= 11 is 0. The molecular weight excluding hydrogens is 166 g/mol. The smallest absolute Gasteiger partial charge is 0.111 e. The van der Waals surface area contributed by atoms with Gasteiger partial charge in [-0.25, -0.2) is 0 Å². The van der Waals surface area contributed by atoms with Gasteiger partial charge in [-0.2, -0.15) is 0 Å². The second kappa shape index (κ2) is 4.94. The Labute approximate surface area is 80.7 Å². The molecule has 0 amide bonds. The number of aliphatic hydroxyl groups is 1. The van der Waals surface area contributed by atoms with Crippen LogP contribution in [0.25, 0.3) is 0 Å². The third-order valence-electron chi connectivity index (χ3n) is 2.32. The Kier molecular flexibility index (Phi) is 4.16. The molecule has 0 aliphatic carbocycles. The first-order valence-corrected chi connectivity index (χ1v) is 5.21. The van der Waals surface area contributed by atoms with Crippen molar-refractivity contribution in [3.05, 3.63) is 0 Å². The van der Waals surface area contributed by atoms with Crippen LogP contribution >= 0.6 is 0 Å². The monoisotopic (exact) mass is 187 g/mol. The summed E-state index contributed by atoms with van der Waals surface area (Å²) in [6.07, 6.45) is 2.49. The number of nitrogens with zero attached hydrogens (tertiary/aromatic N) is 1. The van der Waals surface area contributed by atoms with Gasteiger partial charge in [-0.3, -0.25) is 4.90 Å². The fourth-order valence-corrected chi connectivity index (χ4v) is 1.87. The Hall–Kier alpha value is -0.120. The zero-order chi connectivity index (χ0) is 9.84. The number of rotatable bonds is 4. The Morgan fingerprint density at radius 2 is 2.31 bits per heavy atom. The maximum Gasteiger partial charge on any atom is 0.111 e. The Morgan fingerprint density at radius 1 is 1.62 bits per heavy atom. The highest BCUT2D eigenvalue weighted by Crippen LogP contribution is 2.19. The van der Waals surface area contributed by atoms with E-state index in [1.807, 2.05) is 6.92 Å². The quantitative estimate of drug-likeness (QED) is 0.718. The Balaban J connectivity index is 2.40. The Morgan fingerprint density at radius 3 is 2.85 bits per heavy atom. The minimum absolute atomic E-state index is 0.231. The molecule has 1 aliphatic heterocycles. The van der Waals surface area contributed by atoms with Gasteiger partial charge in [0, 0.05) is 13.1 Å². The van der Waals surface area contributed by atoms with E-state index >= 15 is 0 Å². The summed E-state index contributed by atoms with van der Waals surface area (Å²) in [4.78, 5) is 2.23. The molecule has 0 aromatic heterocycles. The van der Waals surface area contributed by atoms with E-state index in [-0.39, 0.29) is 12.3 Å². The van der Waals surface area contributed by atoms with Gasteiger partial charge in [0.05, 0.1) is 12.2 Å². The van der Waals surface area contributed by atoms with E-state index in [1.54, 1.807) is 0 Å². The molecule has 1 heterocycles. The van der Waals surface area contributed by atoms with Crippen molar-refractivity contribution >= 4 is 0 Å². The third-order valence-corrected chi connectivity index (χ3v) is 2.32. The summed E-state index contributed by atoms with van der Waals surface area (Å²) in [6.45, 7) is 7.76. The third kappa shape index (κ3) is 3.25. The lowest BCUT2D eigenvalue weighted by Crippen LogP contribution is -2.35. The molecule has 0 saturated carbocycles. The topological polar surface area (TPSA) is 32.7 Å². The lowest BCUT2D eigenvalue weighted by atomic mass is 10.2. The van der Waals surface area contributed by atoms with Gasteiger partial charge in [0.2, 0.25) is 0 Å². The van der Waals surface area contributed by atoms with Crippen molar-refractivity contribution in [2.45, 2.75) is 52.0 Å². The minimum atomic E-state index is -0.256.